The predicted octanol–water partition coefficient (Wildman–Crippen LogP) is 18.9. The lowest BCUT2D eigenvalue weighted by molar-refractivity contribution is 1.12. The van der Waals surface area contributed by atoms with E-state index in [2.05, 4.69) is 247 Å². The minimum Gasteiger partial charge on any atom is -0.309 e. The minimum absolute atomic E-state index is 0.620. The van der Waals surface area contributed by atoms with Crippen LogP contribution in [0.4, 0.5) is 0 Å². The number of nitrogens with zero attached hydrogens (tertiary/aromatic N) is 3. The van der Waals surface area contributed by atoms with Crippen LogP contribution in [0.5, 0.6) is 0 Å². The van der Waals surface area contributed by atoms with Crippen molar-refractivity contribution in [3.8, 4) is 73.1 Å². The lowest BCUT2D eigenvalue weighted by Crippen LogP contribution is -2.04. The highest BCUT2D eigenvalue weighted by atomic mass is 15.0. The highest BCUT2D eigenvalue weighted by molar-refractivity contribution is 6.13. The van der Waals surface area contributed by atoms with Gasteiger partial charge in [-0.3, -0.25) is 0 Å². The fourth-order valence-electron chi connectivity index (χ4n) is 11.9. The van der Waals surface area contributed by atoms with Crippen molar-refractivity contribution < 1.29 is 0 Å². The molecule has 0 saturated carbocycles. The number of rotatable bonds is 7. The number of fused-ring (bicyclic) bond motifs is 6. The molecular formula is C70H57N3. The maximum atomic E-state index is 10.4. The van der Waals surface area contributed by atoms with Gasteiger partial charge >= 0.3 is 0 Å². The molecule has 3 heteroatoms. The van der Waals surface area contributed by atoms with Crippen molar-refractivity contribution in [2.75, 3.05) is 0 Å². The smallest absolute Gasteiger partial charge is 0.0991 e. The molecule has 3 nitrogen and oxygen atoms in total. The van der Waals surface area contributed by atoms with E-state index in [1.54, 1.807) is 0 Å². The molecule has 73 heavy (non-hydrogen) atoms. The summed E-state index contributed by atoms with van der Waals surface area (Å²) in [4.78, 5) is 0. The van der Waals surface area contributed by atoms with Crippen LogP contribution in [0.2, 0.25) is 0 Å². The molecule has 0 fully saturated rings. The van der Waals surface area contributed by atoms with Crippen LogP contribution in [0, 0.1) is 73.6 Å². The van der Waals surface area contributed by atoms with Crippen LogP contribution in [0.25, 0.3) is 111 Å². The highest BCUT2D eigenvalue weighted by Crippen LogP contribution is 2.44. The van der Waals surface area contributed by atoms with E-state index in [-0.39, 0.29) is 0 Å². The molecule has 0 amide bonds. The Morgan fingerprint density at radius 1 is 0.288 bits per heavy atom. The molecule has 0 atom stereocenters. The van der Waals surface area contributed by atoms with Gasteiger partial charge < -0.3 is 9.13 Å². The molecule has 0 spiro atoms. The minimum atomic E-state index is 0.620. The summed E-state index contributed by atoms with van der Waals surface area (Å²) in [7, 11) is 0. The van der Waals surface area contributed by atoms with Crippen LogP contribution in [0.1, 0.15) is 55.6 Å². The summed E-state index contributed by atoms with van der Waals surface area (Å²) in [6.45, 7) is 19.7. The van der Waals surface area contributed by atoms with Gasteiger partial charge in [-0.15, -0.1) is 0 Å². The van der Waals surface area contributed by atoms with Gasteiger partial charge in [-0.25, -0.2) is 0 Å². The second kappa shape index (κ2) is 17.5. The Hall–Kier alpha value is -8.71. The molecule has 352 valence electrons. The summed E-state index contributed by atoms with van der Waals surface area (Å²) in [6, 6.07) is 70.7. The molecule has 10 aromatic carbocycles. The van der Waals surface area contributed by atoms with Crippen molar-refractivity contribution in [2.45, 2.75) is 62.3 Å². The normalized spacial score (nSPS) is 11.6. The maximum absolute atomic E-state index is 10.4. The van der Waals surface area contributed by atoms with Crippen LogP contribution < -0.4 is 0 Å². The van der Waals surface area contributed by atoms with Gasteiger partial charge in [-0.05, 0) is 166 Å². The zero-order valence-electron chi connectivity index (χ0n) is 43.2. The van der Waals surface area contributed by atoms with Crippen LogP contribution in [0.15, 0.2) is 182 Å². The lowest BCUT2D eigenvalue weighted by atomic mass is 9.97. The van der Waals surface area contributed by atoms with E-state index < -0.39 is 0 Å². The number of nitriles is 1. The first-order valence-corrected chi connectivity index (χ1v) is 25.4. The molecule has 0 aliphatic heterocycles. The van der Waals surface area contributed by atoms with Gasteiger partial charge in [-0.2, -0.15) is 5.26 Å². The molecule has 2 aromatic heterocycles. The van der Waals surface area contributed by atoms with Crippen LogP contribution in [-0.2, 0) is 0 Å². The Bertz CT molecular complexity index is 4020. The maximum Gasteiger partial charge on any atom is 0.0991 e. The molecule has 0 saturated heterocycles. The summed E-state index contributed by atoms with van der Waals surface area (Å²) >= 11 is 0. The van der Waals surface area contributed by atoms with Gasteiger partial charge in [0.15, 0.2) is 0 Å². The second-order valence-electron chi connectivity index (χ2n) is 21.0. The quantitative estimate of drug-likeness (QED) is 0.157. The molecule has 2 heterocycles. The van der Waals surface area contributed by atoms with Gasteiger partial charge in [0.25, 0.3) is 0 Å². The molecule has 0 bridgehead atoms. The molecule has 0 N–H and O–H groups in total. The predicted molar refractivity (Wildman–Crippen MR) is 310 cm³/mol. The van der Waals surface area contributed by atoms with Crippen LogP contribution in [0.3, 0.4) is 0 Å². The Morgan fingerprint density at radius 2 is 0.616 bits per heavy atom. The molecule has 0 aliphatic carbocycles. The van der Waals surface area contributed by atoms with Gasteiger partial charge in [0, 0.05) is 32.8 Å². The van der Waals surface area contributed by atoms with E-state index in [9.17, 15) is 5.26 Å². The van der Waals surface area contributed by atoms with Crippen molar-refractivity contribution in [1.29, 1.82) is 5.26 Å². The second-order valence-corrected chi connectivity index (χ2v) is 21.0. The zero-order valence-corrected chi connectivity index (χ0v) is 43.2. The largest absolute Gasteiger partial charge is 0.309 e. The highest BCUT2D eigenvalue weighted by Gasteiger charge is 2.23. The lowest BCUT2D eigenvalue weighted by Gasteiger charge is -2.20. The van der Waals surface area contributed by atoms with Crippen molar-refractivity contribution in [2.24, 2.45) is 0 Å². The number of aromatic nitrogens is 2. The van der Waals surface area contributed by atoms with E-state index in [1.165, 1.54) is 111 Å². The van der Waals surface area contributed by atoms with Crippen molar-refractivity contribution >= 4 is 43.6 Å². The summed E-state index contributed by atoms with van der Waals surface area (Å²) < 4.78 is 5.00. The van der Waals surface area contributed by atoms with Gasteiger partial charge in [0.1, 0.15) is 0 Å². The van der Waals surface area contributed by atoms with Crippen LogP contribution >= 0.6 is 0 Å². The van der Waals surface area contributed by atoms with E-state index in [0.717, 1.165) is 50.1 Å². The third-order valence-corrected chi connectivity index (χ3v) is 14.9. The van der Waals surface area contributed by atoms with Gasteiger partial charge in [0.05, 0.1) is 39.4 Å². The first kappa shape index (κ1) is 45.4. The molecule has 12 rings (SSSR count). The molecule has 0 unspecified atom stereocenters. The summed E-state index contributed by atoms with van der Waals surface area (Å²) in [6.07, 6.45) is 0. The van der Waals surface area contributed by atoms with E-state index >= 15 is 0 Å². The monoisotopic (exact) mass is 939 g/mol. The average molecular weight is 940 g/mol. The zero-order chi connectivity index (χ0) is 50.4. The summed E-state index contributed by atoms with van der Waals surface area (Å²) in [5, 5.41) is 15.2. The number of aryl methyl sites for hydroxylation is 9. The summed E-state index contributed by atoms with van der Waals surface area (Å²) in [5.41, 5.74) is 29.9. The topological polar surface area (TPSA) is 33.6 Å². The number of benzene rings is 10. The number of hydrogen-bond donors (Lipinski definition) is 0. The van der Waals surface area contributed by atoms with E-state index in [0.29, 0.717) is 5.56 Å². The van der Waals surface area contributed by atoms with E-state index in [1.807, 2.05) is 12.1 Å². The third kappa shape index (κ3) is 8.10. The Kier molecular flexibility index (Phi) is 10.9. The average Bonchev–Trinajstić information content (AvgIpc) is 3.86. The fourth-order valence-corrected chi connectivity index (χ4v) is 11.9. The standard InChI is InChI=1S/C70H57N3/c1-41-21-42(2)26-56(25-41)51-13-17-60-61-18-14-52(57-27-43(3)22-44(4)28-57)36-68(61)72(67(60)35-51)65-39-64(55-12-10-11-50(34-55)40-71)66(33-49(65)9)73-69-37-53(58-29-45(5)23-46(6)30-58)15-19-62(69)63-20-16-54(38-70(63)73)59-31-47(7)24-48(8)32-59/h10-39H,1-9H3. The third-order valence-electron chi connectivity index (χ3n) is 14.9. The van der Waals surface area contributed by atoms with E-state index in [4.69, 9.17) is 0 Å². The summed E-state index contributed by atoms with van der Waals surface area (Å²) in [5.74, 6) is 0. The van der Waals surface area contributed by atoms with Gasteiger partial charge in [-0.1, -0.05) is 178 Å². The van der Waals surface area contributed by atoms with Gasteiger partial charge in [0.2, 0.25) is 0 Å². The molecule has 0 radical (unpaired) electrons. The Labute approximate surface area is 428 Å². The molecule has 12 aromatic rings. The van der Waals surface area contributed by atoms with Crippen molar-refractivity contribution in [1.82, 2.24) is 9.13 Å². The van der Waals surface area contributed by atoms with Crippen molar-refractivity contribution in [3.63, 3.8) is 0 Å². The molecular weight excluding hydrogens is 883 g/mol. The van der Waals surface area contributed by atoms with Crippen molar-refractivity contribution in [3.05, 3.63) is 238 Å². The number of hydrogen-bond acceptors (Lipinski definition) is 1. The SMILES string of the molecule is Cc1cc(C)cc(-c2ccc3c4ccc(-c5cc(C)cc(C)c5)cc4n(-c4cc(-c5cccc(C#N)c5)c(-n5c6cc(-c7cc(C)cc(C)c7)ccc6c6ccc(-c7cc(C)cc(C)c7)cc65)cc4C)c3c2)c1. The van der Waals surface area contributed by atoms with Crippen LogP contribution in [-0.4, -0.2) is 9.13 Å². The Balaban J connectivity index is 1.19. The Morgan fingerprint density at radius 3 is 0.945 bits per heavy atom. The first-order chi connectivity index (χ1) is 35.2. The fraction of sp³-hybridized carbons (Fsp3) is 0.129. The first-order valence-electron chi connectivity index (χ1n) is 25.4. The molecule has 0 aliphatic rings.